The maximum absolute atomic E-state index is 13.7. The van der Waals surface area contributed by atoms with Crippen molar-refractivity contribution in [3.63, 3.8) is 0 Å². The van der Waals surface area contributed by atoms with E-state index in [-0.39, 0.29) is 17.3 Å². The van der Waals surface area contributed by atoms with Gasteiger partial charge in [-0.25, -0.2) is 12.8 Å². The molecule has 0 saturated carbocycles. The van der Waals surface area contributed by atoms with Crippen LogP contribution in [0.4, 0.5) is 10.1 Å². The standard InChI is InChI=1S/C26H29FN2O3S2/c1-19-8-12-24(13-9-19)34(31,32)29(23-11-10-20(2)21(3)16-23)17-26(30)28-14-15-33-18-22-6-4-5-7-25(22)27/h4-13,16H,14-15,17-18H2,1-3H3,(H,28,30). The second kappa shape index (κ2) is 11.5. The summed E-state index contributed by atoms with van der Waals surface area (Å²) in [5, 5.41) is 2.78. The molecular formula is C26H29FN2O3S2. The van der Waals surface area contributed by atoms with E-state index < -0.39 is 15.9 Å². The van der Waals surface area contributed by atoms with Gasteiger partial charge >= 0.3 is 0 Å². The molecule has 3 aromatic carbocycles. The topological polar surface area (TPSA) is 66.5 Å². The number of aryl methyl sites for hydroxylation is 3. The highest BCUT2D eigenvalue weighted by Crippen LogP contribution is 2.26. The molecule has 0 unspecified atom stereocenters. The lowest BCUT2D eigenvalue weighted by atomic mass is 10.1. The summed E-state index contributed by atoms with van der Waals surface area (Å²) in [4.78, 5) is 12.8. The van der Waals surface area contributed by atoms with Crippen LogP contribution < -0.4 is 9.62 Å². The van der Waals surface area contributed by atoms with Gasteiger partial charge in [-0.3, -0.25) is 9.10 Å². The van der Waals surface area contributed by atoms with Crippen molar-refractivity contribution >= 4 is 33.4 Å². The summed E-state index contributed by atoms with van der Waals surface area (Å²) in [6.45, 7) is 5.75. The quantitative estimate of drug-likeness (QED) is 0.398. The summed E-state index contributed by atoms with van der Waals surface area (Å²) in [6, 6.07) is 18.5. The van der Waals surface area contributed by atoms with Crippen LogP contribution in [0.1, 0.15) is 22.3 Å². The highest BCUT2D eigenvalue weighted by atomic mass is 32.2. The molecule has 0 aliphatic rings. The van der Waals surface area contributed by atoms with Crippen LogP contribution in [0.15, 0.2) is 71.6 Å². The molecule has 3 aromatic rings. The Morgan fingerprint density at radius 3 is 2.35 bits per heavy atom. The van der Waals surface area contributed by atoms with Crippen LogP contribution >= 0.6 is 11.8 Å². The second-order valence-electron chi connectivity index (χ2n) is 8.09. The molecule has 0 heterocycles. The minimum absolute atomic E-state index is 0.129. The van der Waals surface area contributed by atoms with Crippen molar-refractivity contribution in [2.75, 3.05) is 23.1 Å². The number of thioether (sulfide) groups is 1. The number of carbonyl (C=O) groups excluding carboxylic acids is 1. The van der Waals surface area contributed by atoms with Gasteiger partial charge in [0.2, 0.25) is 5.91 Å². The van der Waals surface area contributed by atoms with Gasteiger partial charge in [0.1, 0.15) is 12.4 Å². The number of hydrogen-bond acceptors (Lipinski definition) is 4. The van der Waals surface area contributed by atoms with Crippen molar-refractivity contribution in [1.82, 2.24) is 5.32 Å². The highest BCUT2D eigenvalue weighted by molar-refractivity contribution is 7.98. The average Bonchev–Trinajstić information content (AvgIpc) is 2.80. The van der Waals surface area contributed by atoms with E-state index in [1.807, 2.05) is 26.8 Å². The first-order chi connectivity index (χ1) is 16.2. The zero-order valence-electron chi connectivity index (χ0n) is 19.5. The Labute approximate surface area is 205 Å². The summed E-state index contributed by atoms with van der Waals surface area (Å²) < 4.78 is 41.8. The van der Waals surface area contributed by atoms with E-state index >= 15 is 0 Å². The van der Waals surface area contributed by atoms with Gasteiger partial charge in [0.15, 0.2) is 0 Å². The molecule has 0 aliphatic carbocycles. The van der Waals surface area contributed by atoms with Gasteiger partial charge in [0.25, 0.3) is 10.0 Å². The fraction of sp³-hybridized carbons (Fsp3) is 0.269. The molecule has 3 rings (SSSR count). The van der Waals surface area contributed by atoms with E-state index in [1.165, 1.54) is 17.8 Å². The molecule has 0 atom stereocenters. The molecule has 5 nitrogen and oxygen atoms in total. The van der Waals surface area contributed by atoms with Crippen LogP contribution in [0, 0.1) is 26.6 Å². The maximum Gasteiger partial charge on any atom is 0.264 e. The summed E-state index contributed by atoms with van der Waals surface area (Å²) in [7, 11) is -3.95. The summed E-state index contributed by atoms with van der Waals surface area (Å²) in [5.41, 5.74) is 3.97. The third-order valence-corrected chi connectivity index (χ3v) is 8.25. The van der Waals surface area contributed by atoms with Crippen LogP contribution in [0.25, 0.3) is 0 Å². The number of nitrogens with zero attached hydrogens (tertiary/aromatic N) is 1. The Balaban J connectivity index is 1.68. The third kappa shape index (κ3) is 6.61. The van der Waals surface area contributed by atoms with Crippen LogP contribution in [-0.2, 0) is 20.6 Å². The first-order valence-electron chi connectivity index (χ1n) is 10.9. The molecule has 1 N–H and O–H groups in total. The number of hydrogen-bond donors (Lipinski definition) is 1. The predicted octanol–water partition coefficient (Wildman–Crippen LogP) is 5.00. The van der Waals surface area contributed by atoms with Crippen LogP contribution in [-0.4, -0.2) is 33.2 Å². The van der Waals surface area contributed by atoms with Crippen LogP contribution in [0.3, 0.4) is 0 Å². The first-order valence-corrected chi connectivity index (χ1v) is 13.5. The summed E-state index contributed by atoms with van der Waals surface area (Å²) in [5.74, 6) is 0.429. The Kier molecular flexibility index (Phi) is 8.74. The van der Waals surface area contributed by atoms with Gasteiger partial charge in [0.05, 0.1) is 10.6 Å². The van der Waals surface area contributed by atoms with Crippen molar-refractivity contribution in [1.29, 1.82) is 0 Å². The van der Waals surface area contributed by atoms with Gasteiger partial charge in [-0.15, -0.1) is 0 Å². The number of benzene rings is 3. The molecule has 0 aliphatic heterocycles. The fourth-order valence-electron chi connectivity index (χ4n) is 3.28. The summed E-state index contributed by atoms with van der Waals surface area (Å²) >= 11 is 1.50. The van der Waals surface area contributed by atoms with E-state index in [2.05, 4.69) is 5.32 Å². The third-order valence-electron chi connectivity index (χ3n) is 5.46. The van der Waals surface area contributed by atoms with Gasteiger partial charge in [-0.1, -0.05) is 42.0 Å². The molecule has 8 heteroatoms. The minimum atomic E-state index is -3.95. The van der Waals surface area contributed by atoms with Crippen molar-refractivity contribution in [3.8, 4) is 0 Å². The number of carbonyl (C=O) groups is 1. The largest absolute Gasteiger partial charge is 0.354 e. The van der Waals surface area contributed by atoms with Crippen molar-refractivity contribution in [2.45, 2.75) is 31.4 Å². The molecule has 0 spiro atoms. The molecule has 1 amide bonds. The van der Waals surface area contributed by atoms with Crippen LogP contribution in [0.5, 0.6) is 0 Å². The normalized spacial score (nSPS) is 11.3. The molecule has 34 heavy (non-hydrogen) atoms. The van der Waals surface area contributed by atoms with E-state index in [0.717, 1.165) is 21.0 Å². The number of rotatable bonds is 10. The van der Waals surface area contributed by atoms with E-state index in [0.29, 0.717) is 29.3 Å². The van der Waals surface area contributed by atoms with E-state index in [1.54, 1.807) is 54.6 Å². The first kappa shape index (κ1) is 25.8. The number of amides is 1. The summed E-state index contributed by atoms with van der Waals surface area (Å²) in [6.07, 6.45) is 0. The van der Waals surface area contributed by atoms with Crippen molar-refractivity contribution in [3.05, 3.63) is 94.8 Å². The zero-order valence-corrected chi connectivity index (χ0v) is 21.2. The van der Waals surface area contributed by atoms with E-state index in [9.17, 15) is 17.6 Å². The van der Waals surface area contributed by atoms with Gasteiger partial charge in [-0.2, -0.15) is 11.8 Å². The van der Waals surface area contributed by atoms with Crippen LogP contribution in [0.2, 0.25) is 0 Å². The van der Waals surface area contributed by atoms with E-state index in [4.69, 9.17) is 0 Å². The van der Waals surface area contributed by atoms with Gasteiger partial charge in [0, 0.05) is 18.1 Å². The number of nitrogens with one attached hydrogen (secondary N) is 1. The zero-order chi connectivity index (χ0) is 24.7. The molecule has 0 radical (unpaired) electrons. The SMILES string of the molecule is Cc1ccc(S(=O)(=O)N(CC(=O)NCCSCc2ccccc2F)c2ccc(C)c(C)c2)cc1. The molecule has 0 aromatic heterocycles. The smallest absolute Gasteiger partial charge is 0.264 e. The number of anilines is 1. The Morgan fingerprint density at radius 1 is 0.971 bits per heavy atom. The Hall–Kier alpha value is -2.84. The van der Waals surface area contributed by atoms with Gasteiger partial charge < -0.3 is 5.32 Å². The minimum Gasteiger partial charge on any atom is -0.354 e. The lowest BCUT2D eigenvalue weighted by Crippen LogP contribution is -2.41. The molecule has 0 fully saturated rings. The lowest BCUT2D eigenvalue weighted by molar-refractivity contribution is -0.119. The van der Waals surface area contributed by atoms with Crippen molar-refractivity contribution < 1.29 is 17.6 Å². The second-order valence-corrected chi connectivity index (χ2v) is 11.1. The molecule has 0 bridgehead atoms. The monoisotopic (exact) mass is 500 g/mol. The Bertz CT molecular complexity index is 1250. The fourth-order valence-corrected chi connectivity index (χ4v) is 5.54. The molecule has 180 valence electrons. The lowest BCUT2D eigenvalue weighted by Gasteiger charge is -2.25. The highest BCUT2D eigenvalue weighted by Gasteiger charge is 2.27. The Morgan fingerprint density at radius 2 is 1.68 bits per heavy atom. The van der Waals surface area contributed by atoms with Gasteiger partial charge in [-0.05, 0) is 67.8 Å². The number of sulfonamides is 1. The predicted molar refractivity (Wildman–Crippen MR) is 137 cm³/mol. The van der Waals surface area contributed by atoms with Crippen molar-refractivity contribution in [2.24, 2.45) is 0 Å². The average molecular weight is 501 g/mol. The molecular weight excluding hydrogens is 471 g/mol. The maximum atomic E-state index is 13.7. The molecule has 0 saturated heterocycles. The number of halogens is 1.